The van der Waals surface area contributed by atoms with Crippen LogP contribution in [0.3, 0.4) is 0 Å². The zero-order chi connectivity index (χ0) is 18.6. The third-order valence-electron chi connectivity index (χ3n) is 4.50. The number of fused-ring (bicyclic) bond motifs is 1. The van der Waals surface area contributed by atoms with E-state index in [9.17, 15) is 4.39 Å². The normalized spacial score (nSPS) is 14.1. The average Bonchev–Trinajstić information content (AvgIpc) is 2.72. The maximum absolute atomic E-state index is 14.5. The summed E-state index contributed by atoms with van der Waals surface area (Å²) in [5.41, 5.74) is 3.49. The molecule has 1 aliphatic heterocycles. The van der Waals surface area contributed by atoms with Gasteiger partial charge in [0.25, 0.3) is 0 Å². The van der Waals surface area contributed by atoms with E-state index in [0.29, 0.717) is 40.4 Å². The Kier molecular flexibility index (Phi) is 4.93. The van der Waals surface area contributed by atoms with E-state index in [1.54, 1.807) is 30.6 Å². The predicted molar refractivity (Wildman–Crippen MR) is 103 cm³/mol. The molecule has 0 spiro atoms. The van der Waals surface area contributed by atoms with Gasteiger partial charge in [0.15, 0.2) is 5.82 Å². The number of nitrogens with zero attached hydrogens (tertiary/aromatic N) is 3. The van der Waals surface area contributed by atoms with E-state index in [1.807, 2.05) is 0 Å². The largest absolute Gasteiger partial charge is 0.497 e. The van der Waals surface area contributed by atoms with Gasteiger partial charge >= 0.3 is 0 Å². The number of nitrogens with one attached hydrogen (secondary N) is 2. The molecule has 1 aromatic carbocycles. The number of hydrogen-bond donors (Lipinski definition) is 2. The summed E-state index contributed by atoms with van der Waals surface area (Å²) >= 11 is 0. The maximum Gasteiger partial charge on any atom is 0.155 e. The number of ether oxygens (including phenoxy) is 1. The van der Waals surface area contributed by atoms with Crippen LogP contribution in [0, 0.1) is 5.82 Å². The van der Waals surface area contributed by atoms with Gasteiger partial charge in [-0.25, -0.2) is 14.4 Å². The molecule has 0 unspecified atom stereocenters. The quantitative estimate of drug-likeness (QED) is 0.677. The van der Waals surface area contributed by atoms with Crippen LogP contribution >= 0.6 is 0 Å². The van der Waals surface area contributed by atoms with Crippen molar-refractivity contribution in [1.82, 2.24) is 20.3 Å². The summed E-state index contributed by atoms with van der Waals surface area (Å²) in [6.45, 7) is 2.51. The molecule has 0 bridgehead atoms. The molecule has 138 valence electrons. The van der Waals surface area contributed by atoms with Gasteiger partial charge in [-0.15, -0.1) is 0 Å². The van der Waals surface area contributed by atoms with E-state index >= 15 is 0 Å². The Balaban J connectivity index is 1.73. The maximum atomic E-state index is 14.5. The summed E-state index contributed by atoms with van der Waals surface area (Å²) in [4.78, 5) is 13.4. The summed E-state index contributed by atoms with van der Waals surface area (Å²) in [5.74, 6) is 0.666. The van der Waals surface area contributed by atoms with E-state index in [0.717, 1.165) is 19.5 Å². The minimum absolute atomic E-state index is 0.393. The summed E-state index contributed by atoms with van der Waals surface area (Å²) < 4.78 is 19.6. The van der Waals surface area contributed by atoms with Gasteiger partial charge < -0.3 is 15.4 Å². The third kappa shape index (κ3) is 3.73. The number of aromatic nitrogens is 3. The highest BCUT2D eigenvalue weighted by atomic mass is 19.1. The number of hydrogen-bond acceptors (Lipinski definition) is 6. The van der Waals surface area contributed by atoms with Crippen LogP contribution < -0.4 is 15.4 Å². The minimum atomic E-state index is -0.393. The monoisotopic (exact) mass is 365 g/mol. The van der Waals surface area contributed by atoms with Crippen molar-refractivity contribution in [2.24, 2.45) is 0 Å². The molecule has 0 atom stereocenters. The van der Waals surface area contributed by atoms with Gasteiger partial charge in [-0.3, -0.25) is 4.98 Å². The number of benzene rings is 1. The molecular formula is C20H20FN5O. The fraction of sp³-hybridized carbons (Fsp3) is 0.250. The standard InChI is InChI=1S/C20H20FN5O/c1-27-14-4-5-15(16(21)9-14)17-10-18-19(24-8-7-23-18)20(26-17)25-12-13-3-2-6-22-11-13/h3-5,7-10,22H,2,6,11-12H2,1H3,(H,25,26). The molecule has 0 aliphatic carbocycles. The molecule has 3 aromatic rings. The first-order valence-corrected chi connectivity index (χ1v) is 8.83. The Hall–Kier alpha value is -3.06. The zero-order valence-electron chi connectivity index (χ0n) is 15.0. The lowest BCUT2D eigenvalue weighted by molar-refractivity contribution is 0.411. The Bertz CT molecular complexity index is 1000. The van der Waals surface area contributed by atoms with Crippen LogP contribution in [0.4, 0.5) is 10.2 Å². The van der Waals surface area contributed by atoms with Crippen LogP contribution in [-0.2, 0) is 0 Å². The van der Waals surface area contributed by atoms with Crippen molar-refractivity contribution in [3.8, 4) is 17.0 Å². The highest BCUT2D eigenvalue weighted by molar-refractivity contribution is 5.88. The lowest BCUT2D eigenvalue weighted by Crippen LogP contribution is -2.25. The molecule has 7 heteroatoms. The van der Waals surface area contributed by atoms with Crippen LogP contribution in [0.2, 0.25) is 0 Å². The van der Waals surface area contributed by atoms with Gasteiger partial charge in [-0.05, 0) is 36.7 Å². The molecule has 0 amide bonds. The smallest absolute Gasteiger partial charge is 0.155 e. The highest BCUT2D eigenvalue weighted by Crippen LogP contribution is 2.29. The Morgan fingerprint density at radius 1 is 1.22 bits per heavy atom. The molecule has 2 aromatic heterocycles. The van der Waals surface area contributed by atoms with Crippen LogP contribution in [0.5, 0.6) is 5.75 Å². The van der Waals surface area contributed by atoms with Crippen LogP contribution in [0.25, 0.3) is 22.3 Å². The van der Waals surface area contributed by atoms with Crippen molar-refractivity contribution < 1.29 is 9.13 Å². The van der Waals surface area contributed by atoms with Gasteiger partial charge in [-0.2, -0.15) is 0 Å². The lowest BCUT2D eigenvalue weighted by atomic mass is 10.1. The van der Waals surface area contributed by atoms with Crippen LogP contribution in [-0.4, -0.2) is 41.7 Å². The third-order valence-corrected chi connectivity index (χ3v) is 4.50. The molecule has 3 heterocycles. The Morgan fingerprint density at radius 3 is 2.89 bits per heavy atom. The van der Waals surface area contributed by atoms with Gasteiger partial charge in [0.2, 0.25) is 0 Å². The summed E-state index contributed by atoms with van der Waals surface area (Å²) in [6, 6.07) is 6.48. The molecule has 2 N–H and O–H groups in total. The van der Waals surface area contributed by atoms with E-state index in [2.05, 4.69) is 31.7 Å². The van der Waals surface area contributed by atoms with Gasteiger partial charge in [0.1, 0.15) is 17.1 Å². The first kappa shape index (κ1) is 17.4. The molecule has 27 heavy (non-hydrogen) atoms. The molecule has 6 nitrogen and oxygen atoms in total. The number of pyridine rings is 1. The number of anilines is 1. The van der Waals surface area contributed by atoms with Gasteiger partial charge in [0.05, 0.1) is 18.3 Å². The van der Waals surface area contributed by atoms with Crippen LogP contribution in [0.15, 0.2) is 48.3 Å². The number of methoxy groups -OCH3 is 1. The van der Waals surface area contributed by atoms with E-state index in [1.165, 1.54) is 18.7 Å². The minimum Gasteiger partial charge on any atom is -0.497 e. The second kappa shape index (κ2) is 7.67. The van der Waals surface area contributed by atoms with E-state index in [4.69, 9.17) is 4.74 Å². The van der Waals surface area contributed by atoms with Crippen molar-refractivity contribution in [2.45, 2.75) is 6.42 Å². The van der Waals surface area contributed by atoms with Crippen molar-refractivity contribution in [3.63, 3.8) is 0 Å². The van der Waals surface area contributed by atoms with Gasteiger partial charge in [-0.1, -0.05) is 6.08 Å². The van der Waals surface area contributed by atoms with Crippen LogP contribution in [0.1, 0.15) is 6.42 Å². The average molecular weight is 365 g/mol. The molecule has 4 rings (SSSR count). The number of rotatable bonds is 5. The molecule has 0 saturated carbocycles. The Morgan fingerprint density at radius 2 is 2.11 bits per heavy atom. The first-order valence-electron chi connectivity index (χ1n) is 8.83. The fourth-order valence-corrected chi connectivity index (χ4v) is 3.10. The molecular weight excluding hydrogens is 345 g/mol. The van der Waals surface area contributed by atoms with Crippen molar-refractivity contribution in [3.05, 3.63) is 54.1 Å². The topological polar surface area (TPSA) is 72.0 Å². The zero-order valence-corrected chi connectivity index (χ0v) is 15.0. The van der Waals surface area contributed by atoms with Gasteiger partial charge in [0, 0.05) is 37.1 Å². The van der Waals surface area contributed by atoms with E-state index in [-0.39, 0.29) is 0 Å². The van der Waals surface area contributed by atoms with Crippen molar-refractivity contribution >= 4 is 16.9 Å². The first-order chi connectivity index (χ1) is 13.2. The fourth-order valence-electron chi connectivity index (χ4n) is 3.10. The second-order valence-corrected chi connectivity index (χ2v) is 6.31. The SMILES string of the molecule is COc1ccc(-c2cc3nccnc3c(NCC3=CCCNC3)n2)c(F)c1. The second-order valence-electron chi connectivity index (χ2n) is 6.31. The van der Waals surface area contributed by atoms with Crippen molar-refractivity contribution in [1.29, 1.82) is 0 Å². The molecule has 1 aliphatic rings. The molecule has 0 saturated heterocycles. The summed E-state index contributed by atoms with van der Waals surface area (Å²) in [7, 11) is 1.51. The molecule has 0 radical (unpaired) electrons. The lowest BCUT2D eigenvalue weighted by Gasteiger charge is -2.16. The Labute approximate surface area is 156 Å². The summed E-state index contributed by atoms with van der Waals surface area (Å²) in [5, 5.41) is 6.69. The highest BCUT2D eigenvalue weighted by Gasteiger charge is 2.14. The number of halogens is 1. The predicted octanol–water partition coefficient (Wildman–Crippen LogP) is 3.17. The van der Waals surface area contributed by atoms with Crippen molar-refractivity contribution in [2.75, 3.05) is 32.1 Å². The molecule has 0 fully saturated rings. The summed E-state index contributed by atoms with van der Waals surface area (Å²) in [6.07, 6.45) is 6.49. The van der Waals surface area contributed by atoms with E-state index < -0.39 is 5.82 Å².